The molecule has 1 heterocycles. The molecule has 0 radical (unpaired) electrons. The van der Waals surface area contributed by atoms with Crippen LogP contribution < -0.4 is 5.73 Å². The maximum absolute atomic E-state index is 10.7. The summed E-state index contributed by atoms with van der Waals surface area (Å²) in [5.41, 5.74) is 4.65. The fourth-order valence-corrected chi connectivity index (χ4v) is 0.749. The van der Waals surface area contributed by atoms with Gasteiger partial charge in [-0.25, -0.2) is 4.79 Å². The van der Waals surface area contributed by atoms with E-state index in [1.165, 1.54) is 12.2 Å². The van der Waals surface area contributed by atoms with E-state index in [0.717, 1.165) is 0 Å². The average molecular weight is 155 g/mol. The normalized spacial score (nSPS) is 17.3. The Morgan fingerprint density at radius 2 is 2.36 bits per heavy atom. The smallest absolute Gasteiger partial charge is 0.360 e. The lowest BCUT2D eigenvalue weighted by atomic mass is 10.2. The Bertz CT molecular complexity index is 278. The zero-order chi connectivity index (χ0) is 8.43. The van der Waals surface area contributed by atoms with E-state index in [1.54, 1.807) is 0 Å². The molecule has 58 valence electrons. The topological polar surface area (TPSA) is 83.4 Å². The molecule has 0 aromatic heterocycles. The number of hydrogen-bond acceptors (Lipinski definition) is 3. The first-order chi connectivity index (χ1) is 5.13. The van der Waals surface area contributed by atoms with Gasteiger partial charge in [-0.1, -0.05) is 6.08 Å². The second-order valence-corrected chi connectivity index (χ2v) is 2.06. The van der Waals surface area contributed by atoms with Crippen molar-refractivity contribution in [3.63, 3.8) is 0 Å². The van der Waals surface area contributed by atoms with E-state index in [-0.39, 0.29) is 16.9 Å². The van der Waals surface area contributed by atoms with Crippen LogP contribution >= 0.6 is 0 Å². The molecule has 0 aromatic rings. The highest BCUT2D eigenvalue weighted by Gasteiger charge is 2.28. The Morgan fingerprint density at radius 3 is 2.82 bits per heavy atom. The molecule has 1 aliphatic heterocycles. The SMILES string of the molecule is NC(=O)C1=[N+](O)C(=O)CC=C1. The number of nitrogens with two attached hydrogens (primary N) is 1. The van der Waals surface area contributed by atoms with Gasteiger partial charge in [0, 0.05) is 6.08 Å². The minimum absolute atomic E-state index is 0.0906. The number of hydrogen-bond donors (Lipinski definition) is 2. The van der Waals surface area contributed by atoms with Crippen molar-refractivity contribution in [3.05, 3.63) is 12.2 Å². The molecule has 0 atom stereocenters. The van der Waals surface area contributed by atoms with E-state index in [1.807, 2.05) is 0 Å². The lowest BCUT2D eigenvalue weighted by Crippen LogP contribution is -2.35. The van der Waals surface area contributed by atoms with Crippen LogP contribution in [0.25, 0.3) is 0 Å². The number of amides is 2. The highest BCUT2D eigenvalue weighted by molar-refractivity contribution is 6.41. The predicted octanol–water partition coefficient (Wildman–Crippen LogP) is -1.20. The number of hydroxylamine groups is 1. The first kappa shape index (κ1) is 7.46. The molecule has 2 amide bonds. The van der Waals surface area contributed by atoms with Gasteiger partial charge in [-0.2, -0.15) is 0 Å². The van der Waals surface area contributed by atoms with E-state index >= 15 is 0 Å². The van der Waals surface area contributed by atoms with Crippen LogP contribution in [0.4, 0.5) is 0 Å². The Morgan fingerprint density at radius 1 is 1.73 bits per heavy atom. The van der Waals surface area contributed by atoms with Crippen molar-refractivity contribution in [1.82, 2.24) is 0 Å². The molecule has 0 saturated heterocycles. The summed E-state index contributed by atoms with van der Waals surface area (Å²) < 4.78 is 0.266. The molecule has 0 saturated carbocycles. The van der Waals surface area contributed by atoms with Gasteiger partial charge in [0.15, 0.2) is 0 Å². The third-order valence-corrected chi connectivity index (χ3v) is 1.29. The summed E-state index contributed by atoms with van der Waals surface area (Å²) in [4.78, 5) is 21.2. The summed E-state index contributed by atoms with van der Waals surface area (Å²) in [6, 6.07) is 0. The minimum atomic E-state index is -0.822. The molecule has 0 bridgehead atoms. The minimum Gasteiger partial charge on any atom is -0.360 e. The largest absolute Gasteiger partial charge is 0.438 e. The Kier molecular flexibility index (Phi) is 1.72. The summed E-state index contributed by atoms with van der Waals surface area (Å²) in [5.74, 6) is -1.38. The lowest BCUT2D eigenvalue weighted by Gasteiger charge is -1.96. The van der Waals surface area contributed by atoms with Gasteiger partial charge in [-0.05, 0) is 0 Å². The van der Waals surface area contributed by atoms with Crippen molar-refractivity contribution >= 4 is 17.5 Å². The zero-order valence-corrected chi connectivity index (χ0v) is 5.65. The van der Waals surface area contributed by atoms with Crippen molar-refractivity contribution in [2.75, 3.05) is 0 Å². The highest BCUT2D eigenvalue weighted by atomic mass is 16.5. The number of rotatable bonds is 1. The van der Waals surface area contributed by atoms with Gasteiger partial charge in [-0.15, -0.1) is 0 Å². The lowest BCUT2D eigenvalue weighted by molar-refractivity contribution is -0.704. The molecule has 3 N–H and O–H groups in total. The molecule has 5 heteroatoms. The molecule has 0 spiro atoms. The summed E-state index contributed by atoms with van der Waals surface area (Å²) in [5, 5.41) is 8.90. The van der Waals surface area contributed by atoms with Gasteiger partial charge in [0.25, 0.3) is 0 Å². The van der Waals surface area contributed by atoms with E-state index in [0.29, 0.717) is 0 Å². The van der Waals surface area contributed by atoms with E-state index in [4.69, 9.17) is 10.9 Å². The van der Waals surface area contributed by atoms with E-state index in [9.17, 15) is 9.59 Å². The third-order valence-electron chi connectivity index (χ3n) is 1.29. The van der Waals surface area contributed by atoms with Crippen LogP contribution in [-0.2, 0) is 9.59 Å². The fraction of sp³-hybridized carbons (Fsp3) is 0.167. The molecule has 0 aliphatic carbocycles. The Hall–Kier alpha value is -1.65. The molecule has 1 rings (SSSR count). The van der Waals surface area contributed by atoms with Crippen molar-refractivity contribution in [2.24, 2.45) is 5.73 Å². The van der Waals surface area contributed by atoms with Gasteiger partial charge in [-0.3, -0.25) is 10.0 Å². The first-order valence-corrected chi connectivity index (χ1v) is 2.98. The maximum atomic E-state index is 10.7. The van der Waals surface area contributed by atoms with E-state index in [2.05, 4.69) is 0 Å². The molecule has 0 fully saturated rings. The van der Waals surface area contributed by atoms with Crippen molar-refractivity contribution in [3.8, 4) is 0 Å². The Balaban J connectivity index is 3.08. The maximum Gasteiger partial charge on any atom is 0.438 e. The van der Waals surface area contributed by atoms with Crippen molar-refractivity contribution in [1.29, 1.82) is 0 Å². The van der Waals surface area contributed by atoms with E-state index < -0.39 is 11.8 Å². The second kappa shape index (κ2) is 2.53. The molecular formula is C6H7N2O3+. The fourth-order valence-electron chi connectivity index (χ4n) is 0.749. The number of carbonyl (C=O) groups is 2. The quantitative estimate of drug-likeness (QED) is 0.283. The molecule has 0 aromatic carbocycles. The highest BCUT2D eigenvalue weighted by Crippen LogP contribution is 1.96. The standard InChI is InChI=1S/C6H6N2O3/c7-6(10)4-2-1-3-5(9)8(4)11/h1-2H,3H2,(H2-,7,10,11)/p+1. The Labute approximate surface area is 62.4 Å². The summed E-state index contributed by atoms with van der Waals surface area (Å²) in [7, 11) is 0. The van der Waals surface area contributed by atoms with Gasteiger partial charge < -0.3 is 5.73 Å². The van der Waals surface area contributed by atoms with Crippen LogP contribution in [0.5, 0.6) is 0 Å². The summed E-state index contributed by atoms with van der Waals surface area (Å²) in [6.07, 6.45) is 2.87. The van der Waals surface area contributed by atoms with Gasteiger partial charge in [0.1, 0.15) is 0 Å². The monoisotopic (exact) mass is 155 g/mol. The second-order valence-electron chi connectivity index (χ2n) is 2.06. The van der Waals surface area contributed by atoms with Crippen molar-refractivity contribution in [2.45, 2.75) is 6.42 Å². The predicted molar refractivity (Wildman–Crippen MR) is 35.0 cm³/mol. The first-order valence-electron chi connectivity index (χ1n) is 2.98. The molecule has 0 unspecified atom stereocenters. The van der Waals surface area contributed by atoms with Gasteiger partial charge in [0.05, 0.1) is 11.2 Å². The van der Waals surface area contributed by atoms with Crippen molar-refractivity contribution < 1.29 is 19.5 Å². The number of primary amides is 1. The van der Waals surface area contributed by atoms with Crippen LogP contribution in [0, 0.1) is 0 Å². The number of nitrogens with zero attached hydrogens (tertiary/aromatic N) is 1. The number of carbonyl (C=O) groups excluding carboxylic acids is 2. The molecule has 5 nitrogen and oxygen atoms in total. The molecule has 11 heavy (non-hydrogen) atoms. The summed E-state index contributed by atoms with van der Waals surface area (Å²) >= 11 is 0. The third kappa shape index (κ3) is 1.26. The summed E-state index contributed by atoms with van der Waals surface area (Å²) in [6.45, 7) is 0. The zero-order valence-electron chi connectivity index (χ0n) is 5.65. The molecular weight excluding hydrogens is 148 g/mol. The van der Waals surface area contributed by atoms with Crippen LogP contribution in [0.15, 0.2) is 12.2 Å². The van der Waals surface area contributed by atoms with Crippen LogP contribution in [0.3, 0.4) is 0 Å². The van der Waals surface area contributed by atoms with Crippen LogP contribution in [0.2, 0.25) is 0 Å². The van der Waals surface area contributed by atoms with Crippen LogP contribution in [0.1, 0.15) is 6.42 Å². The molecule has 1 aliphatic rings. The van der Waals surface area contributed by atoms with Gasteiger partial charge in [0.2, 0.25) is 0 Å². The average Bonchev–Trinajstić information content (AvgIpc) is 1.94. The van der Waals surface area contributed by atoms with Gasteiger partial charge >= 0.3 is 17.5 Å². The van der Waals surface area contributed by atoms with Crippen LogP contribution in [-0.4, -0.2) is 27.5 Å².